The van der Waals surface area contributed by atoms with Gasteiger partial charge in [-0.1, -0.05) is 30.5 Å². The van der Waals surface area contributed by atoms with Gasteiger partial charge in [-0.25, -0.2) is 9.97 Å². The molecule has 4 rings (SSSR count). The third-order valence-corrected chi connectivity index (χ3v) is 6.21. The number of hydrogen-bond donors (Lipinski definition) is 1. The van der Waals surface area contributed by atoms with E-state index in [9.17, 15) is 9.90 Å². The van der Waals surface area contributed by atoms with Crippen LogP contribution >= 0.6 is 11.6 Å². The SMILES string of the molecule is Cc1c(Cc2ccc(Cl)nc2)cc2c(=O)n([C@H]3CCCC[C@@H]3O)cnc2c1C. The summed E-state index contributed by atoms with van der Waals surface area (Å²) < 4.78 is 1.63. The Labute approximate surface area is 169 Å². The van der Waals surface area contributed by atoms with Crippen molar-refractivity contribution < 1.29 is 5.11 Å². The van der Waals surface area contributed by atoms with E-state index in [2.05, 4.69) is 16.9 Å². The Morgan fingerprint density at radius 1 is 1.18 bits per heavy atom. The lowest BCUT2D eigenvalue weighted by molar-refractivity contribution is 0.0735. The highest BCUT2D eigenvalue weighted by Gasteiger charge is 2.26. The second-order valence-corrected chi connectivity index (χ2v) is 8.11. The molecule has 146 valence electrons. The number of pyridine rings is 1. The number of nitrogens with zero attached hydrogens (tertiary/aromatic N) is 3. The minimum Gasteiger partial charge on any atom is -0.391 e. The first kappa shape index (κ1) is 19.1. The van der Waals surface area contributed by atoms with Crippen molar-refractivity contribution in [2.24, 2.45) is 0 Å². The summed E-state index contributed by atoms with van der Waals surface area (Å²) in [6.45, 7) is 4.07. The van der Waals surface area contributed by atoms with Crippen molar-refractivity contribution in [1.29, 1.82) is 0 Å². The second kappa shape index (κ2) is 7.64. The second-order valence-electron chi connectivity index (χ2n) is 7.72. The molecule has 1 aliphatic carbocycles. The summed E-state index contributed by atoms with van der Waals surface area (Å²) >= 11 is 5.89. The van der Waals surface area contributed by atoms with Crippen LogP contribution in [0.2, 0.25) is 5.15 Å². The fraction of sp³-hybridized carbons (Fsp3) is 0.409. The zero-order valence-electron chi connectivity index (χ0n) is 16.2. The van der Waals surface area contributed by atoms with Crippen molar-refractivity contribution >= 4 is 22.5 Å². The normalized spacial score (nSPS) is 19.9. The van der Waals surface area contributed by atoms with E-state index in [1.165, 1.54) is 0 Å². The Balaban J connectivity index is 1.81. The van der Waals surface area contributed by atoms with Gasteiger partial charge in [-0.15, -0.1) is 0 Å². The third kappa shape index (κ3) is 3.45. The molecule has 1 aliphatic rings. The molecule has 0 radical (unpaired) electrons. The summed E-state index contributed by atoms with van der Waals surface area (Å²) in [4.78, 5) is 22.0. The van der Waals surface area contributed by atoms with E-state index in [1.54, 1.807) is 23.2 Å². The lowest BCUT2D eigenvalue weighted by atomic mass is 9.92. The Morgan fingerprint density at radius 2 is 1.96 bits per heavy atom. The Morgan fingerprint density at radius 3 is 2.68 bits per heavy atom. The maximum Gasteiger partial charge on any atom is 0.261 e. The largest absolute Gasteiger partial charge is 0.391 e. The monoisotopic (exact) mass is 397 g/mol. The minimum absolute atomic E-state index is 0.0745. The van der Waals surface area contributed by atoms with Crippen molar-refractivity contribution in [2.45, 2.75) is 58.1 Å². The van der Waals surface area contributed by atoms with Crippen molar-refractivity contribution in [3.05, 3.63) is 68.5 Å². The maximum atomic E-state index is 13.3. The molecular formula is C22H24ClN3O2. The number of aromatic nitrogens is 3. The van der Waals surface area contributed by atoms with Crippen LogP contribution in [-0.4, -0.2) is 25.7 Å². The summed E-state index contributed by atoms with van der Waals surface area (Å²) in [5.74, 6) is 0. The number of aliphatic hydroxyl groups excluding tert-OH is 1. The van der Waals surface area contributed by atoms with Crippen LogP contribution in [0.5, 0.6) is 0 Å². The lowest BCUT2D eigenvalue weighted by Gasteiger charge is -2.29. The summed E-state index contributed by atoms with van der Waals surface area (Å²) in [6.07, 6.45) is 7.13. The average Bonchev–Trinajstić information content (AvgIpc) is 2.69. The first-order chi connectivity index (χ1) is 13.5. The smallest absolute Gasteiger partial charge is 0.261 e. The van der Waals surface area contributed by atoms with Crippen LogP contribution in [0, 0.1) is 13.8 Å². The van der Waals surface area contributed by atoms with Crippen LogP contribution < -0.4 is 5.56 Å². The van der Waals surface area contributed by atoms with Gasteiger partial charge in [0.15, 0.2) is 0 Å². The molecule has 0 aliphatic heterocycles. The van der Waals surface area contributed by atoms with E-state index in [4.69, 9.17) is 11.6 Å². The first-order valence-corrected chi connectivity index (χ1v) is 10.1. The molecule has 1 aromatic carbocycles. The van der Waals surface area contributed by atoms with E-state index < -0.39 is 6.10 Å². The predicted molar refractivity (Wildman–Crippen MR) is 111 cm³/mol. The number of aliphatic hydroxyl groups is 1. The van der Waals surface area contributed by atoms with Crippen LogP contribution in [0.3, 0.4) is 0 Å². The van der Waals surface area contributed by atoms with Gasteiger partial charge >= 0.3 is 0 Å². The number of aryl methyl sites for hydroxylation is 1. The number of halogens is 1. The van der Waals surface area contributed by atoms with E-state index >= 15 is 0 Å². The van der Waals surface area contributed by atoms with E-state index in [0.717, 1.165) is 53.5 Å². The van der Waals surface area contributed by atoms with Gasteiger partial charge in [-0.05, 0) is 67.5 Å². The molecule has 0 spiro atoms. The third-order valence-electron chi connectivity index (χ3n) is 5.98. The number of rotatable bonds is 3. The molecule has 0 saturated heterocycles. The summed E-state index contributed by atoms with van der Waals surface area (Å²) in [5.41, 5.74) is 4.93. The van der Waals surface area contributed by atoms with Crippen LogP contribution in [0.25, 0.3) is 10.9 Å². The fourth-order valence-corrected chi connectivity index (χ4v) is 4.29. The van der Waals surface area contributed by atoms with Gasteiger partial charge in [0.25, 0.3) is 5.56 Å². The zero-order valence-corrected chi connectivity index (χ0v) is 16.9. The Kier molecular flexibility index (Phi) is 5.21. The van der Waals surface area contributed by atoms with Crippen molar-refractivity contribution in [1.82, 2.24) is 14.5 Å². The molecule has 0 unspecified atom stereocenters. The molecule has 2 heterocycles. The van der Waals surface area contributed by atoms with E-state index in [-0.39, 0.29) is 11.6 Å². The van der Waals surface area contributed by atoms with E-state index in [1.807, 2.05) is 19.1 Å². The van der Waals surface area contributed by atoms with Gasteiger partial charge in [0.05, 0.1) is 29.4 Å². The number of fused-ring (bicyclic) bond motifs is 1. The molecule has 6 heteroatoms. The quantitative estimate of drug-likeness (QED) is 0.675. The van der Waals surface area contributed by atoms with Gasteiger partial charge in [-0.3, -0.25) is 9.36 Å². The molecule has 28 heavy (non-hydrogen) atoms. The molecule has 2 atom stereocenters. The molecule has 1 fully saturated rings. The summed E-state index contributed by atoms with van der Waals surface area (Å²) in [7, 11) is 0. The van der Waals surface area contributed by atoms with Gasteiger partial charge < -0.3 is 5.11 Å². The van der Waals surface area contributed by atoms with Crippen molar-refractivity contribution in [2.75, 3.05) is 0 Å². The Bertz CT molecular complexity index is 1080. The highest BCUT2D eigenvalue weighted by atomic mass is 35.5. The number of benzene rings is 1. The fourth-order valence-electron chi connectivity index (χ4n) is 4.18. The zero-order chi connectivity index (χ0) is 19.8. The predicted octanol–water partition coefficient (Wildman–Crippen LogP) is 4.13. The molecule has 1 saturated carbocycles. The van der Waals surface area contributed by atoms with Crippen LogP contribution in [-0.2, 0) is 6.42 Å². The minimum atomic E-state index is -0.489. The topological polar surface area (TPSA) is 68.0 Å². The molecule has 5 nitrogen and oxygen atoms in total. The Hall–Kier alpha value is -2.24. The summed E-state index contributed by atoms with van der Waals surface area (Å²) in [6, 6.07) is 5.49. The standard InChI is InChI=1S/C22H24ClN3O2/c1-13-14(2)21-17(10-16(13)9-15-7-8-20(23)24-11-15)22(28)26(12-25-21)18-5-3-4-6-19(18)27/h7-8,10-12,18-19,27H,3-6,9H2,1-2H3/t18-,19-/m0/s1. The van der Waals surface area contributed by atoms with Crippen LogP contribution in [0.1, 0.15) is 54.0 Å². The molecular weight excluding hydrogens is 374 g/mol. The molecule has 3 aromatic rings. The van der Waals surface area contributed by atoms with Gasteiger partial charge in [0.1, 0.15) is 5.15 Å². The van der Waals surface area contributed by atoms with Crippen molar-refractivity contribution in [3.63, 3.8) is 0 Å². The highest BCUT2D eigenvalue weighted by Crippen LogP contribution is 2.29. The van der Waals surface area contributed by atoms with Crippen LogP contribution in [0.15, 0.2) is 35.5 Å². The summed E-state index contributed by atoms with van der Waals surface area (Å²) in [5, 5.41) is 11.5. The molecule has 0 bridgehead atoms. The lowest BCUT2D eigenvalue weighted by Crippen LogP contribution is -2.34. The molecule has 1 N–H and O–H groups in total. The van der Waals surface area contributed by atoms with Crippen molar-refractivity contribution in [3.8, 4) is 0 Å². The van der Waals surface area contributed by atoms with E-state index in [0.29, 0.717) is 17.0 Å². The van der Waals surface area contributed by atoms with Gasteiger partial charge in [0, 0.05) is 6.20 Å². The number of hydrogen-bond acceptors (Lipinski definition) is 4. The average molecular weight is 398 g/mol. The first-order valence-electron chi connectivity index (χ1n) is 9.74. The van der Waals surface area contributed by atoms with Crippen LogP contribution in [0.4, 0.5) is 0 Å². The van der Waals surface area contributed by atoms with Gasteiger partial charge in [0.2, 0.25) is 0 Å². The molecule has 0 amide bonds. The van der Waals surface area contributed by atoms with Gasteiger partial charge in [-0.2, -0.15) is 0 Å². The maximum absolute atomic E-state index is 13.3. The highest BCUT2D eigenvalue weighted by molar-refractivity contribution is 6.29. The molecule has 2 aromatic heterocycles.